The van der Waals surface area contributed by atoms with E-state index in [2.05, 4.69) is 0 Å². The monoisotopic (exact) mass is 575 g/mol. The van der Waals surface area contributed by atoms with Gasteiger partial charge < -0.3 is 9.13 Å². The lowest BCUT2D eigenvalue weighted by atomic mass is 9.99. The van der Waals surface area contributed by atoms with Gasteiger partial charge in [0.2, 0.25) is 0 Å². The van der Waals surface area contributed by atoms with E-state index < -0.39 is 53.9 Å². The minimum atomic E-state index is -0.670. The fourth-order valence-electron chi connectivity index (χ4n) is 5.92. The van der Waals surface area contributed by atoms with Crippen molar-refractivity contribution in [2.75, 3.05) is 0 Å². The first kappa shape index (κ1) is 14.1. The van der Waals surface area contributed by atoms with Gasteiger partial charge in [-0.25, -0.2) is 0 Å². The molecule has 0 fully saturated rings. The molecule has 2 aromatic heterocycles. The SMILES string of the molecule is [2H]c1cc([2H])c(-c2c([2H])c([2H])c([2H])c([2H])c2[2H])c([2H])c1-c1c([2H])cc([2H])c(-n2c3ccccc3c3cc(-n4c5ccccc5c5c([2H])c([2H])c([2H])c([2H])c54)ccc32)c1[2H]. The van der Waals surface area contributed by atoms with E-state index in [4.69, 9.17) is 17.8 Å². The molecular formula is C42H28N2. The van der Waals surface area contributed by atoms with Crippen LogP contribution in [0, 0.1) is 0 Å². The highest BCUT2D eigenvalue weighted by molar-refractivity contribution is 6.12. The molecule has 9 rings (SSSR count). The molecule has 0 saturated heterocycles. The highest BCUT2D eigenvalue weighted by atomic mass is 15.0. The van der Waals surface area contributed by atoms with E-state index in [9.17, 15) is 2.74 Å². The summed E-state index contributed by atoms with van der Waals surface area (Å²) in [6, 6.07) is 15.5. The van der Waals surface area contributed by atoms with Gasteiger partial charge in [0.1, 0.15) is 0 Å². The maximum Gasteiger partial charge on any atom is 0.0651 e. The van der Waals surface area contributed by atoms with E-state index in [0.29, 0.717) is 49.3 Å². The number of para-hydroxylation sites is 3. The molecule has 44 heavy (non-hydrogen) atoms. The van der Waals surface area contributed by atoms with E-state index in [1.54, 1.807) is 33.4 Å². The Morgan fingerprint density at radius 3 is 1.75 bits per heavy atom. The molecule has 0 atom stereocenters. The Bertz CT molecular complexity index is 3320. The zero-order chi connectivity index (χ0) is 42.1. The number of fused-ring (bicyclic) bond motifs is 6. The van der Waals surface area contributed by atoms with Gasteiger partial charge in [-0.15, -0.1) is 0 Å². The van der Waals surface area contributed by atoms with Gasteiger partial charge >= 0.3 is 0 Å². The summed E-state index contributed by atoms with van der Waals surface area (Å²) in [7, 11) is 0. The third-order valence-electron chi connectivity index (χ3n) is 7.80. The molecule has 9 aromatic rings. The quantitative estimate of drug-likeness (QED) is 0.197. The summed E-state index contributed by atoms with van der Waals surface area (Å²) in [6.07, 6.45) is 0. The van der Waals surface area contributed by atoms with Crippen LogP contribution in [0.1, 0.15) is 20.6 Å². The molecule has 0 aliphatic carbocycles. The van der Waals surface area contributed by atoms with Crippen molar-refractivity contribution in [3.63, 3.8) is 0 Å². The Morgan fingerprint density at radius 2 is 0.955 bits per heavy atom. The van der Waals surface area contributed by atoms with E-state index >= 15 is 0 Å². The number of benzene rings is 7. The topological polar surface area (TPSA) is 9.86 Å². The van der Waals surface area contributed by atoms with Crippen molar-refractivity contribution in [3.8, 4) is 33.6 Å². The lowest BCUT2D eigenvalue weighted by Crippen LogP contribution is -1.96. The fraction of sp³-hybridized carbons (Fsp3) is 0. The normalized spacial score (nSPS) is 16.4. The van der Waals surface area contributed by atoms with Gasteiger partial charge in [-0.1, -0.05) is 115 Å². The number of hydrogen-bond donors (Lipinski definition) is 0. The first-order valence-electron chi connectivity index (χ1n) is 21.4. The fourth-order valence-corrected chi connectivity index (χ4v) is 5.92. The number of aromatic nitrogens is 2. The molecule has 0 spiro atoms. The maximum absolute atomic E-state index is 9.60. The second-order valence-electron chi connectivity index (χ2n) is 10.2. The third-order valence-corrected chi connectivity index (χ3v) is 7.80. The third kappa shape index (κ3) is 3.82. The predicted molar refractivity (Wildman–Crippen MR) is 186 cm³/mol. The van der Waals surface area contributed by atoms with E-state index in [1.165, 1.54) is 6.07 Å². The van der Waals surface area contributed by atoms with Crippen molar-refractivity contribution < 1.29 is 20.6 Å². The summed E-state index contributed by atoms with van der Waals surface area (Å²) in [5, 5.41) is 2.41. The molecule has 2 heterocycles. The first-order valence-corrected chi connectivity index (χ1v) is 13.9. The molecular weight excluding hydrogens is 532 g/mol. The van der Waals surface area contributed by atoms with Crippen LogP contribution in [0.3, 0.4) is 0 Å². The molecule has 0 N–H and O–H groups in total. The highest BCUT2D eigenvalue weighted by Crippen LogP contribution is 2.37. The molecule has 0 unspecified atom stereocenters. The Hall–Kier alpha value is -5.86. The van der Waals surface area contributed by atoms with Crippen molar-refractivity contribution in [1.82, 2.24) is 9.13 Å². The first-order chi connectivity index (χ1) is 28.1. The van der Waals surface area contributed by atoms with Gasteiger partial charge in [-0.05, 0) is 76.8 Å². The Kier molecular flexibility index (Phi) is 3.15. The zero-order valence-corrected chi connectivity index (χ0v) is 22.9. The van der Waals surface area contributed by atoms with Gasteiger partial charge in [-0.3, -0.25) is 0 Å². The van der Waals surface area contributed by atoms with Gasteiger partial charge in [0.25, 0.3) is 0 Å². The van der Waals surface area contributed by atoms with Crippen LogP contribution in [0.2, 0.25) is 0 Å². The molecule has 0 aliphatic heterocycles. The number of rotatable bonds is 4. The van der Waals surface area contributed by atoms with Crippen LogP contribution >= 0.6 is 0 Å². The summed E-state index contributed by atoms with van der Waals surface area (Å²) < 4.78 is 134. The average molecular weight is 576 g/mol. The van der Waals surface area contributed by atoms with Crippen LogP contribution in [0.15, 0.2) is 169 Å². The molecule has 7 aromatic carbocycles. The van der Waals surface area contributed by atoms with E-state index in [0.717, 1.165) is 6.07 Å². The summed E-state index contributed by atoms with van der Waals surface area (Å²) in [5.74, 6) is 0. The molecule has 0 amide bonds. The van der Waals surface area contributed by atoms with Crippen LogP contribution in [-0.4, -0.2) is 9.13 Å². The molecule has 2 nitrogen and oxygen atoms in total. The lowest BCUT2D eigenvalue weighted by Gasteiger charge is -2.12. The largest absolute Gasteiger partial charge is 0.309 e. The van der Waals surface area contributed by atoms with E-state index in [1.807, 2.05) is 42.5 Å². The second kappa shape index (κ2) is 9.86. The van der Waals surface area contributed by atoms with Crippen molar-refractivity contribution in [3.05, 3.63) is 169 Å². The number of nitrogens with zero attached hydrogens (tertiary/aromatic N) is 2. The smallest absolute Gasteiger partial charge is 0.0651 e. The molecule has 2 heteroatoms. The Labute approximate surface area is 276 Å². The highest BCUT2D eigenvalue weighted by Gasteiger charge is 2.16. The lowest BCUT2D eigenvalue weighted by molar-refractivity contribution is 1.17. The summed E-state index contributed by atoms with van der Waals surface area (Å²) >= 11 is 0. The zero-order valence-electron chi connectivity index (χ0n) is 37.9. The Morgan fingerprint density at radius 1 is 0.364 bits per heavy atom. The summed E-state index contributed by atoms with van der Waals surface area (Å²) in [5.41, 5.74) is 1.41. The Balaban J connectivity index is 1.33. The molecule has 0 aliphatic rings. The summed E-state index contributed by atoms with van der Waals surface area (Å²) in [6.45, 7) is 0. The number of hydrogen-bond acceptors (Lipinski definition) is 0. The molecule has 0 radical (unpaired) electrons. The van der Waals surface area contributed by atoms with Crippen molar-refractivity contribution in [2.45, 2.75) is 0 Å². The van der Waals surface area contributed by atoms with Crippen molar-refractivity contribution in [2.24, 2.45) is 0 Å². The van der Waals surface area contributed by atoms with E-state index in [-0.39, 0.29) is 64.7 Å². The van der Waals surface area contributed by atoms with Gasteiger partial charge in [0, 0.05) is 32.9 Å². The predicted octanol–water partition coefficient (Wildman–Crippen LogP) is 11.2. The average Bonchev–Trinajstić information content (AvgIpc) is 3.73. The molecule has 0 bridgehead atoms. The van der Waals surface area contributed by atoms with Gasteiger partial charge in [0.15, 0.2) is 0 Å². The van der Waals surface area contributed by atoms with Gasteiger partial charge in [0.05, 0.1) is 42.6 Å². The van der Waals surface area contributed by atoms with Crippen molar-refractivity contribution in [1.29, 1.82) is 0 Å². The second-order valence-corrected chi connectivity index (χ2v) is 10.2. The standard InChI is InChI=1S/C42H28N2/c1-2-12-29(13-3-1)30-14-10-15-31(26-30)32-16-11-17-33(27-32)43-41-23-9-6-20-37(41)38-28-34(24-25-42(38)43)44-39-21-7-4-18-35(39)36-19-5-8-22-40(36)44/h1-28H/i1D,2D,3D,4D,7D,12D,13D,14D,15D,16D,17D,18D,21D,26D,27D. The van der Waals surface area contributed by atoms with Gasteiger partial charge in [-0.2, -0.15) is 0 Å². The maximum atomic E-state index is 9.60. The summed E-state index contributed by atoms with van der Waals surface area (Å²) in [4.78, 5) is 0. The van der Waals surface area contributed by atoms with Crippen LogP contribution < -0.4 is 0 Å². The minimum Gasteiger partial charge on any atom is -0.309 e. The van der Waals surface area contributed by atoms with Crippen LogP contribution in [-0.2, 0) is 0 Å². The minimum absolute atomic E-state index is 0.0130. The molecule has 206 valence electrons. The van der Waals surface area contributed by atoms with Crippen LogP contribution in [0.25, 0.3) is 77.2 Å². The van der Waals surface area contributed by atoms with Crippen LogP contribution in [0.5, 0.6) is 0 Å². The van der Waals surface area contributed by atoms with Crippen LogP contribution in [0.4, 0.5) is 0 Å². The molecule has 0 saturated carbocycles. The van der Waals surface area contributed by atoms with Crippen molar-refractivity contribution >= 4 is 43.6 Å².